The second-order valence-corrected chi connectivity index (χ2v) is 10.5. The lowest BCUT2D eigenvalue weighted by atomic mass is 9.96. The number of nitrogens with zero attached hydrogens (tertiary/aromatic N) is 4. The Morgan fingerprint density at radius 3 is 2.73 bits per heavy atom. The minimum absolute atomic E-state index is 0.189. The van der Waals surface area contributed by atoms with E-state index in [2.05, 4.69) is 52.3 Å². The number of hydrogen-bond donors (Lipinski definition) is 2. The summed E-state index contributed by atoms with van der Waals surface area (Å²) < 4.78 is 9.04. The molecule has 2 aromatic rings. The number of unbranched alkanes of at least 4 members (excludes halogenated alkanes) is 1. The highest BCUT2D eigenvalue weighted by Crippen LogP contribution is 2.40. The van der Waals surface area contributed by atoms with Gasteiger partial charge in [-0.05, 0) is 66.5 Å². The first-order valence-corrected chi connectivity index (χ1v) is 14.1. The fourth-order valence-corrected chi connectivity index (χ4v) is 5.89. The topological polar surface area (TPSA) is 105 Å². The average molecular weight is 523 g/mol. The van der Waals surface area contributed by atoms with E-state index in [1.807, 2.05) is 24.0 Å². The van der Waals surface area contributed by atoms with Gasteiger partial charge in [0.1, 0.15) is 18.0 Å². The summed E-state index contributed by atoms with van der Waals surface area (Å²) in [5, 5.41) is 7.07. The maximum Gasteiger partial charge on any atom is 0.256 e. The number of amidine groups is 1. The van der Waals surface area contributed by atoms with E-state index >= 15 is 0 Å². The van der Waals surface area contributed by atoms with Crippen molar-refractivity contribution in [2.45, 2.75) is 82.4 Å². The van der Waals surface area contributed by atoms with Gasteiger partial charge >= 0.3 is 0 Å². The molecule has 8 nitrogen and oxygen atoms in total. The standard InChI is InChI=1S/C28H38N6O2S/c1-3-5-12-26-32-28(15-8-9-16-28)27(35)34(26)18-21-13-14-23(22(17-21)19-36-4-2)24-10-6-7-11-25(24)37-31-20-30-33-29/h6-7,10-11,13-14,17,31H,3-5,8-9,12,15-16,18-20H2,1-2H3,(H2,29,30). The van der Waals surface area contributed by atoms with Crippen LogP contribution in [0.5, 0.6) is 0 Å². The molecule has 1 saturated carbocycles. The van der Waals surface area contributed by atoms with Crippen molar-refractivity contribution >= 4 is 23.7 Å². The third kappa shape index (κ3) is 6.40. The third-order valence-corrected chi connectivity index (χ3v) is 7.88. The molecule has 1 amide bonds. The second kappa shape index (κ2) is 13.2. The van der Waals surface area contributed by atoms with Crippen molar-refractivity contribution < 1.29 is 9.53 Å². The van der Waals surface area contributed by atoms with Crippen molar-refractivity contribution in [2.24, 2.45) is 21.2 Å². The van der Waals surface area contributed by atoms with E-state index in [4.69, 9.17) is 15.6 Å². The summed E-state index contributed by atoms with van der Waals surface area (Å²) in [5.74, 6) is 6.26. The van der Waals surface area contributed by atoms with E-state index in [0.29, 0.717) is 26.4 Å². The molecule has 1 aliphatic carbocycles. The number of hydrogen-bond acceptors (Lipinski definition) is 7. The van der Waals surface area contributed by atoms with Gasteiger partial charge in [-0.3, -0.25) is 14.7 Å². The average Bonchev–Trinajstić information content (AvgIpc) is 3.50. The minimum Gasteiger partial charge on any atom is -0.377 e. The van der Waals surface area contributed by atoms with Crippen LogP contribution in [0.15, 0.2) is 62.7 Å². The number of rotatable bonds is 13. The molecule has 1 fully saturated rings. The molecule has 1 spiro atoms. The number of nitrogens with one attached hydrogen (secondary N) is 1. The molecule has 2 aromatic carbocycles. The maximum atomic E-state index is 13.6. The summed E-state index contributed by atoms with van der Waals surface area (Å²) in [6.45, 7) is 6.19. The lowest BCUT2D eigenvalue weighted by Gasteiger charge is -2.23. The monoisotopic (exact) mass is 522 g/mol. The number of aliphatic imine (C=N–C) groups is 1. The van der Waals surface area contributed by atoms with Crippen LogP contribution in [-0.2, 0) is 22.7 Å². The van der Waals surface area contributed by atoms with Crippen molar-refractivity contribution in [1.82, 2.24) is 9.62 Å². The molecule has 0 atom stereocenters. The molecule has 0 bridgehead atoms. The molecule has 0 aromatic heterocycles. The van der Waals surface area contributed by atoms with Gasteiger partial charge in [0.25, 0.3) is 5.91 Å². The molecule has 198 valence electrons. The SMILES string of the molecule is CCCCC1=NC2(CCCC2)C(=O)N1Cc1ccc(-c2ccccc2SNC/N=N\N)c(COCC)c1. The number of nitrogens with two attached hydrogens (primary N) is 1. The number of benzene rings is 2. The van der Waals surface area contributed by atoms with Crippen LogP contribution >= 0.6 is 11.9 Å². The van der Waals surface area contributed by atoms with Gasteiger partial charge in [0.2, 0.25) is 0 Å². The zero-order chi connectivity index (χ0) is 26.1. The molecule has 1 aliphatic heterocycles. The normalized spacial score (nSPS) is 16.9. The second-order valence-electron chi connectivity index (χ2n) is 9.55. The molecule has 37 heavy (non-hydrogen) atoms. The van der Waals surface area contributed by atoms with Gasteiger partial charge in [0.15, 0.2) is 0 Å². The van der Waals surface area contributed by atoms with Crippen molar-refractivity contribution in [1.29, 1.82) is 0 Å². The van der Waals surface area contributed by atoms with Crippen LogP contribution in [0.3, 0.4) is 0 Å². The Hall–Kier alpha value is -2.75. The summed E-state index contributed by atoms with van der Waals surface area (Å²) in [7, 11) is 0. The summed E-state index contributed by atoms with van der Waals surface area (Å²) in [5.41, 5.74) is 3.91. The number of ether oxygens (including phenoxy) is 1. The van der Waals surface area contributed by atoms with Crippen molar-refractivity contribution in [3.63, 3.8) is 0 Å². The first-order valence-electron chi connectivity index (χ1n) is 13.3. The highest BCUT2D eigenvalue weighted by molar-refractivity contribution is 7.97. The van der Waals surface area contributed by atoms with Crippen LogP contribution in [0.25, 0.3) is 11.1 Å². The van der Waals surface area contributed by atoms with Crippen molar-refractivity contribution in [2.75, 3.05) is 13.3 Å². The zero-order valence-electron chi connectivity index (χ0n) is 21.9. The van der Waals surface area contributed by atoms with E-state index in [1.54, 1.807) is 0 Å². The molecule has 4 rings (SSSR count). The van der Waals surface area contributed by atoms with Gasteiger partial charge in [-0.15, -0.1) is 0 Å². The largest absolute Gasteiger partial charge is 0.377 e. The zero-order valence-corrected chi connectivity index (χ0v) is 22.7. The lowest BCUT2D eigenvalue weighted by molar-refractivity contribution is -0.131. The van der Waals surface area contributed by atoms with Gasteiger partial charge in [-0.1, -0.05) is 67.8 Å². The van der Waals surface area contributed by atoms with Crippen LogP contribution in [0, 0.1) is 0 Å². The first-order chi connectivity index (χ1) is 18.1. The van der Waals surface area contributed by atoms with Crippen molar-refractivity contribution in [3.8, 4) is 11.1 Å². The van der Waals surface area contributed by atoms with Gasteiger partial charge < -0.3 is 10.6 Å². The minimum atomic E-state index is -0.510. The number of amides is 1. The number of carbonyl (C=O) groups excluding carboxylic acids is 1. The molecular formula is C28H38N6O2S. The molecular weight excluding hydrogens is 484 g/mol. The maximum absolute atomic E-state index is 13.6. The highest BCUT2D eigenvalue weighted by atomic mass is 32.2. The fraction of sp³-hybridized carbons (Fsp3) is 0.500. The molecule has 0 radical (unpaired) electrons. The van der Waals surface area contributed by atoms with Crippen molar-refractivity contribution in [3.05, 3.63) is 53.6 Å². The Kier molecular flexibility index (Phi) is 9.71. The summed E-state index contributed by atoms with van der Waals surface area (Å²) in [6.07, 6.45) is 6.90. The van der Waals surface area contributed by atoms with E-state index < -0.39 is 5.54 Å². The summed E-state index contributed by atoms with van der Waals surface area (Å²) in [4.78, 5) is 21.7. The Morgan fingerprint density at radius 2 is 1.97 bits per heavy atom. The van der Waals surface area contributed by atoms with Crippen LogP contribution in [0.4, 0.5) is 0 Å². The Balaban J connectivity index is 1.61. The quantitative estimate of drug-likeness (QED) is 0.110. The van der Waals surface area contributed by atoms with E-state index in [-0.39, 0.29) is 5.91 Å². The Bertz CT molecular complexity index is 1130. The molecule has 1 heterocycles. The third-order valence-electron chi connectivity index (χ3n) is 7.03. The van der Waals surface area contributed by atoms with Crippen LogP contribution in [0.2, 0.25) is 0 Å². The Morgan fingerprint density at radius 1 is 1.16 bits per heavy atom. The molecule has 2 aliphatic rings. The molecule has 0 unspecified atom stereocenters. The molecule has 3 N–H and O–H groups in total. The smallest absolute Gasteiger partial charge is 0.256 e. The van der Waals surface area contributed by atoms with Gasteiger partial charge in [0.05, 0.1) is 13.2 Å². The lowest BCUT2D eigenvalue weighted by Crippen LogP contribution is -2.40. The van der Waals surface area contributed by atoms with Gasteiger partial charge in [-0.25, -0.2) is 4.72 Å². The first kappa shape index (κ1) is 27.3. The molecule has 9 heteroatoms. The highest BCUT2D eigenvalue weighted by Gasteiger charge is 2.49. The number of carbonyl (C=O) groups is 1. The predicted molar refractivity (Wildman–Crippen MR) is 149 cm³/mol. The van der Waals surface area contributed by atoms with Crippen LogP contribution in [-0.4, -0.2) is 35.5 Å². The molecule has 0 saturated heterocycles. The van der Waals surface area contributed by atoms with E-state index in [0.717, 1.165) is 77.9 Å². The summed E-state index contributed by atoms with van der Waals surface area (Å²) >= 11 is 1.49. The van der Waals surface area contributed by atoms with E-state index in [9.17, 15) is 4.79 Å². The van der Waals surface area contributed by atoms with E-state index in [1.165, 1.54) is 11.9 Å². The summed E-state index contributed by atoms with van der Waals surface area (Å²) in [6, 6.07) is 14.7. The van der Waals surface area contributed by atoms with Gasteiger partial charge in [0, 0.05) is 17.9 Å². The fourth-order valence-electron chi connectivity index (χ4n) is 5.18. The predicted octanol–water partition coefficient (Wildman–Crippen LogP) is 6.01. The van der Waals surface area contributed by atoms with Crippen LogP contribution < -0.4 is 10.6 Å². The van der Waals surface area contributed by atoms with Crippen LogP contribution in [0.1, 0.15) is 69.9 Å². The van der Waals surface area contributed by atoms with Gasteiger partial charge in [-0.2, -0.15) is 5.11 Å². The Labute approximate surface area is 224 Å².